The van der Waals surface area contributed by atoms with Crippen LogP contribution in [0.25, 0.3) is 157 Å². The molecule has 737 valence electrons. The minimum atomic E-state index is -0.396. The summed E-state index contributed by atoms with van der Waals surface area (Å²) in [7, 11) is 0. The zero-order valence-electron chi connectivity index (χ0n) is 86.5. The number of pyridine rings is 9. The first kappa shape index (κ1) is 107. The summed E-state index contributed by atoms with van der Waals surface area (Å²) < 4.78 is 39.1. The first-order valence-corrected chi connectivity index (χ1v) is 46.7. The Labute approximate surface area is 946 Å². The third-order valence-electron chi connectivity index (χ3n) is 22.0. The topological polar surface area (TPSA) is 116 Å². The van der Waals surface area contributed by atoms with Gasteiger partial charge >= 0.3 is 0 Å². The van der Waals surface area contributed by atoms with Gasteiger partial charge in [0.15, 0.2) is 0 Å². The number of nitrogens with zero attached hydrogens (tertiary/aromatic N) is 9. The molecule has 14 heteroatoms. The molecule has 9 nitrogen and oxygen atoms in total. The van der Waals surface area contributed by atoms with Crippen LogP contribution in [0.5, 0.6) is 0 Å². The van der Waals surface area contributed by atoms with E-state index >= 15 is 0 Å². The summed E-state index contributed by atoms with van der Waals surface area (Å²) in [6, 6.07) is 175. The number of benzene rings is 14. The van der Waals surface area contributed by atoms with Crippen LogP contribution in [0.4, 0.5) is 0 Å². The first-order valence-electron chi connectivity index (χ1n) is 49.2. The Morgan fingerprint density at radius 3 is 0.845 bits per heavy atom. The number of aryl methyl sites for hydroxylation is 5. The standard InChI is InChI=1S/3C18H14N.2C17H12N.2C12H10N.2C11H8N.5Ir/c1-14-12-18(16-10-6-3-7-11-16)19-13-17(14)15-8-4-2-5-9-15;1-14-7-5-6-10-17(14)16-11-12-19-18(13-16)15-8-3-2-4-9-15;1-14-7-5-6-10-17(14)16-11-12-18(19-13-16)15-8-3-2-4-9-15;2*1-3-7-14(8-4-1)16-11-12-17(18-13-16)15-9-5-2-6-10-15;1-10-6-5-9-12(13-10)11-7-3-2-4-8-11;1-10-7-8-12(13-9-10)11-5-3-2-4-6-11;2*1-2-6-10(7-3-1)11-8-4-5-9-12-11;;;;;/h2-10,12-13H,1H3;2*2-8,10-13H,1H3;2*1-9,11-13H;2-7,9H,1H3;2-5,7-9H,1H3;2*1-6,8-9H;;;;;/q9*-1;;;;;/i;;;1D,3D,4D,7D,8D;;;;;;;;;;. The van der Waals surface area contributed by atoms with Crippen molar-refractivity contribution < 1.29 is 107 Å². The molecule has 0 N–H and O–H groups in total. The van der Waals surface area contributed by atoms with Gasteiger partial charge in [-0.3, -0.25) is 0 Å². The van der Waals surface area contributed by atoms with E-state index in [2.05, 4.69) is 229 Å². The molecule has 0 bridgehead atoms. The molecule has 9 aromatic heterocycles. The predicted molar refractivity (Wildman–Crippen MR) is 587 cm³/mol. The van der Waals surface area contributed by atoms with E-state index in [1.807, 2.05) is 366 Å². The molecule has 0 aliphatic carbocycles. The van der Waals surface area contributed by atoms with Crippen molar-refractivity contribution in [2.24, 2.45) is 0 Å². The maximum atomic E-state index is 7.98. The van der Waals surface area contributed by atoms with Gasteiger partial charge in [0.25, 0.3) is 0 Å². The second kappa shape index (κ2) is 63.2. The van der Waals surface area contributed by atoms with E-state index in [0.29, 0.717) is 11.3 Å². The molecule has 0 fully saturated rings. The van der Waals surface area contributed by atoms with Gasteiger partial charge in [-0.05, 0) is 182 Å². The average Bonchev–Trinajstić information content (AvgIpc) is 0.774. The van der Waals surface area contributed by atoms with Crippen molar-refractivity contribution >= 4 is 0 Å². The molecule has 0 atom stereocenters. The van der Waals surface area contributed by atoms with E-state index in [1.54, 1.807) is 30.6 Å². The molecule has 0 aliphatic rings. The fraction of sp³-hybridized carbons (Fsp3) is 0.0373. The van der Waals surface area contributed by atoms with E-state index in [-0.39, 0.29) is 130 Å². The molecule has 14 aromatic carbocycles. The Balaban J connectivity index is 0.000000176. The molecular weight excluding hydrogens is 2700 g/mol. The van der Waals surface area contributed by atoms with E-state index < -0.39 is 6.04 Å². The number of aromatic nitrogens is 9. The summed E-state index contributed by atoms with van der Waals surface area (Å²) in [5, 5.41) is 0. The van der Waals surface area contributed by atoms with Crippen LogP contribution in [0.15, 0.2) is 529 Å². The Kier molecular flexibility index (Phi) is 45.6. The fourth-order valence-corrected chi connectivity index (χ4v) is 14.7. The maximum Gasteiger partial charge on any atom is 0.0629 e. The van der Waals surface area contributed by atoms with Crippen LogP contribution in [-0.4, -0.2) is 44.9 Å². The minimum absolute atomic E-state index is 0. The second-order valence-corrected chi connectivity index (χ2v) is 32.3. The minimum Gasteiger partial charge on any atom is -0.305 e. The van der Waals surface area contributed by atoms with Crippen LogP contribution in [-0.2, 0) is 101 Å². The Hall–Kier alpha value is -15.3. The molecular formula is C134H102Ir5N9-9. The molecule has 148 heavy (non-hydrogen) atoms. The van der Waals surface area contributed by atoms with Crippen LogP contribution in [0.3, 0.4) is 0 Å². The summed E-state index contributed by atoms with van der Waals surface area (Å²) in [6.07, 6.45) is 14.6. The molecule has 23 rings (SSSR count). The van der Waals surface area contributed by atoms with E-state index in [9.17, 15) is 0 Å². The summed E-state index contributed by atoms with van der Waals surface area (Å²) in [6.45, 7) is 10.4. The van der Waals surface area contributed by atoms with Gasteiger partial charge in [0.05, 0.1) is 6.85 Å². The Bertz CT molecular complexity index is 7740. The second-order valence-electron chi connectivity index (χ2n) is 32.3. The van der Waals surface area contributed by atoms with Crippen LogP contribution >= 0.6 is 0 Å². The van der Waals surface area contributed by atoms with Gasteiger partial charge in [0, 0.05) is 161 Å². The normalized spacial score (nSPS) is 10.3. The molecule has 0 aliphatic heterocycles. The molecule has 23 aromatic rings. The van der Waals surface area contributed by atoms with Crippen molar-refractivity contribution in [2.45, 2.75) is 34.6 Å². The summed E-state index contributed by atoms with van der Waals surface area (Å²) >= 11 is 0. The zero-order chi connectivity index (χ0) is 103. The van der Waals surface area contributed by atoms with Gasteiger partial charge in [-0.1, -0.05) is 236 Å². The van der Waals surface area contributed by atoms with Crippen molar-refractivity contribution in [2.75, 3.05) is 0 Å². The smallest absolute Gasteiger partial charge is 0.0629 e. The van der Waals surface area contributed by atoms with Gasteiger partial charge in [-0.25, -0.2) is 0 Å². The molecule has 0 amide bonds. The number of hydrogen-bond donors (Lipinski definition) is 0. The van der Waals surface area contributed by atoms with Crippen LogP contribution in [0.1, 0.15) is 34.8 Å². The van der Waals surface area contributed by atoms with E-state index in [4.69, 9.17) is 6.85 Å². The number of hydrogen-bond acceptors (Lipinski definition) is 9. The first-order chi connectivity index (χ1) is 72.6. The Morgan fingerprint density at radius 1 is 0.182 bits per heavy atom. The number of rotatable bonds is 14. The van der Waals surface area contributed by atoms with E-state index in [0.717, 1.165) is 112 Å². The zero-order valence-corrected chi connectivity index (χ0v) is 93.5. The largest absolute Gasteiger partial charge is 0.305 e. The van der Waals surface area contributed by atoms with Crippen molar-refractivity contribution in [3.8, 4) is 157 Å². The van der Waals surface area contributed by atoms with Gasteiger partial charge in [-0.15, -0.1) is 323 Å². The third kappa shape index (κ3) is 35.8. The summed E-state index contributed by atoms with van der Waals surface area (Å²) in [4.78, 5) is 39.5. The Morgan fingerprint density at radius 2 is 0.493 bits per heavy atom. The molecule has 0 saturated heterocycles. The van der Waals surface area contributed by atoms with Crippen molar-refractivity contribution in [3.05, 3.63) is 611 Å². The summed E-state index contributed by atoms with van der Waals surface area (Å²) in [5.74, 6) is 0. The van der Waals surface area contributed by atoms with Crippen molar-refractivity contribution in [1.82, 2.24) is 44.9 Å². The van der Waals surface area contributed by atoms with Crippen LogP contribution in [0, 0.1) is 89.2 Å². The van der Waals surface area contributed by atoms with Crippen LogP contribution in [0.2, 0.25) is 0 Å². The van der Waals surface area contributed by atoms with E-state index in [1.165, 1.54) is 61.8 Å². The SMILES string of the molecule is Cc1cc(-c2[c-]cccc2)ncc1-c1ccccc1.Cc1ccc(-c2[c-]cccc2)nc1.Cc1cccc(-c2[c-]cccc2)n1.Cc1ccccc1-c1ccc(-c2[c-]cccc2)nc1.Cc1ccccc1-c1ccnc(-c2[c-]cccc2)c1.[2H]c1c([2H])c([2H])c(-c2ccc(-c3[c-]cccc3)nc2)c([2H])c1[2H].[Ir].[Ir].[Ir].[Ir].[Ir].[c-]1ccccc1-c1ccc(-c2ccccc2)cn1.[c-]1ccccc1-c1ccccn1.[c-]1ccccc1-c1ccccn1. The molecule has 9 heterocycles. The molecule has 0 saturated carbocycles. The van der Waals surface area contributed by atoms with Gasteiger partial charge < -0.3 is 44.9 Å². The van der Waals surface area contributed by atoms with Crippen LogP contribution < -0.4 is 0 Å². The quantitative estimate of drug-likeness (QED) is 0.0981. The predicted octanol–water partition coefficient (Wildman–Crippen LogP) is 32.8. The van der Waals surface area contributed by atoms with Crippen molar-refractivity contribution in [3.63, 3.8) is 0 Å². The molecule has 5 radical (unpaired) electrons. The maximum absolute atomic E-state index is 7.98. The monoisotopic (exact) mass is 2810 g/mol. The molecule has 0 unspecified atom stereocenters. The third-order valence-corrected chi connectivity index (χ3v) is 22.0. The van der Waals surface area contributed by atoms with Gasteiger partial charge in [0.1, 0.15) is 0 Å². The average molecular weight is 2800 g/mol. The summed E-state index contributed by atoms with van der Waals surface area (Å²) in [5.41, 5.74) is 33.7. The molecule has 0 spiro atoms. The van der Waals surface area contributed by atoms with Gasteiger partial charge in [0.2, 0.25) is 0 Å². The van der Waals surface area contributed by atoms with Crippen molar-refractivity contribution in [1.29, 1.82) is 0 Å². The fourth-order valence-electron chi connectivity index (χ4n) is 14.7. The van der Waals surface area contributed by atoms with Gasteiger partial charge in [-0.2, -0.15) is 0 Å².